The quantitative estimate of drug-likeness (QED) is 0.897. The van der Waals surface area contributed by atoms with Crippen LogP contribution in [0, 0.1) is 19.7 Å². The highest BCUT2D eigenvalue weighted by atomic mass is 19.1. The number of rotatable bonds is 4. The van der Waals surface area contributed by atoms with Crippen molar-refractivity contribution in [1.82, 2.24) is 9.97 Å². The molecule has 1 atom stereocenters. The number of aryl methyl sites for hydroxylation is 2. The summed E-state index contributed by atoms with van der Waals surface area (Å²) in [5.41, 5.74) is 3.47. The van der Waals surface area contributed by atoms with Crippen molar-refractivity contribution >= 4 is 5.95 Å². The van der Waals surface area contributed by atoms with E-state index in [1.165, 1.54) is 0 Å². The van der Waals surface area contributed by atoms with Crippen LogP contribution in [0.3, 0.4) is 0 Å². The largest absolute Gasteiger partial charge is 0.348 e. The van der Waals surface area contributed by atoms with E-state index >= 15 is 0 Å². The molecule has 0 aliphatic heterocycles. The molecule has 0 aliphatic carbocycles. The van der Waals surface area contributed by atoms with Gasteiger partial charge in [0, 0.05) is 11.4 Å². The van der Waals surface area contributed by atoms with Crippen LogP contribution in [-0.4, -0.2) is 9.97 Å². The standard InChI is InChI=1S/C17H22FN3/c1-10(2)16-8-12(4)19-17(21-16)20-13(5)14-7-6-11(3)15(18)9-14/h6-10,13H,1-5H3,(H,19,20,21). The van der Waals surface area contributed by atoms with Gasteiger partial charge in [0.25, 0.3) is 0 Å². The Morgan fingerprint density at radius 1 is 1.05 bits per heavy atom. The molecule has 0 amide bonds. The first kappa shape index (κ1) is 15.4. The highest BCUT2D eigenvalue weighted by molar-refractivity contribution is 5.35. The van der Waals surface area contributed by atoms with E-state index in [9.17, 15) is 4.39 Å². The molecule has 2 rings (SSSR count). The minimum Gasteiger partial charge on any atom is -0.348 e. The maximum atomic E-state index is 13.7. The Hall–Kier alpha value is -1.97. The lowest BCUT2D eigenvalue weighted by Gasteiger charge is -2.16. The number of hydrogen-bond acceptors (Lipinski definition) is 3. The molecule has 1 unspecified atom stereocenters. The van der Waals surface area contributed by atoms with Gasteiger partial charge in [-0.3, -0.25) is 0 Å². The van der Waals surface area contributed by atoms with E-state index < -0.39 is 0 Å². The average Bonchev–Trinajstić information content (AvgIpc) is 2.41. The van der Waals surface area contributed by atoms with Crippen molar-refractivity contribution in [2.75, 3.05) is 5.32 Å². The van der Waals surface area contributed by atoms with Crippen LogP contribution in [0.15, 0.2) is 24.3 Å². The van der Waals surface area contributed by atoms with E-state index in [0.717, 1.165) is 17.0 Å². The number of nitrogens with one attached hydrogen (secondary N) is 1. The number of hydrogen-bond donors (Lipinski definition) is 1. The molecule has 1 N–H and O–H groups in total. The first-order valence-electron chi connectivity index (χ1n) is 7.25. The summed E-state index contributed by atoms with van der Waals surface area (Å²) in [6.45, 7) is 9.89. The van der Waals surface area contributed by atoms with E-state index in [0.29, 0.717) is 17.4 Å². The lowest BCUT2D eigenvalue weighted by Crippen LogP contribution is -2.11. The molecule has 21 heavy (non-hydrogen) atoms. The van der Waals surface area contributed by atoms with Crippen LogP contribution in [0.25, 0.3) is 0 Å². The molecule has 1 aromatic heterocycles. The second-order valence-electron chi connectivity index (χ2n) is 5.79. The van der Waals surface area contributed by atoms with Crippen LogP contribution < -0.4 is 5.32 Å². The van der Waals surface area contributed by atoms with Crippen LogP contribution in [0.2, 0.25) is 0 Å². The number of benzene rings is 1. The van der Waals surface area contributed by atoms with E-state index in [2.05, 4.69) is 29.1 Å². The maximum absolute atomic E-state index is 13.7. The summed E-state index contributed by atoms with van der Waals surface area (Å²) >= 11 is 0. The van der Waals surface area contributed by atoms with Crippen molar-refractivity contribution in [3.63, 3.8) is 0 Å². The normalized spacial score (nSPS) is 12.5. The first-order valence-corrected chi connectivity index (χ1v) is 7.25. The Morgan fingerprint density at radius 2 is 1.76 bits per heavy atom. The topological polar surface area (TPSA) is 37.8 Å². The second kappa shape index (κ2) is 6.20. The van der Waals surface area contributed by atoms with Crippen molar-refractivity contribution in [3.8, 4) is 0 Å². The molecular weight excluding hydrogens is 265 g/mol. The fourth-order valence-electron chi connectivity index (χ4n) is 2.11. The van der Waals surface area contributed by atoms with Crippen molar-refractivity contribution in [2.45, 2.75) is 46.6 Å². The van der Waals surface area contributed by atoms with Gasteiger partial charge in [0.1, 0.15) is 5.82 Å². The Bertz CT molecular complexity index is 638. The number of halogens is 1. The number of nitrogens with zero attached hydrogens (tertiary/aromatic N) is 2. The number of aromatic nitrogens is 2. The van der Waals surface area contributed by atoms with Crippen LogP contribution in [-0.2, 0) is 0 Å². The molecule has 2 aromatic rings. The molecule has 112 valence electrons. The van der Waals surface area contributed by atoms with Gasteiger partial charge in [-0.1, -0.05) is 26.0 Å². The van der Waals surface area contributed by atoms with E-state index in [4.69, 9.17) is 0 Å². The third-order valence-electron chi connectivity index (χ3n) is 3.51. The van der Waals surface area contributed by atoms with Crippen LogP contribution in [0.5, 0.6) is 0 Å². The second-order valence-corrected chi connectivity index (χ2v) is 5.79. The Labute approximate surface area is 125 Å². The van der Waals surface area contributed by atoms with Crippen LogP contribution in [0.4, 0.5) is 10.3 Å². The summed E-state index contributed by atoms with van der Waals surface area (Å²) in [6, 6.07) is 7.22. The minimum absolute atomic E-state index is 0.0538. The van der Waals surface area contributed by atoms with Gasteiger partial charge in [-0.2, -0.15) is 0 Å². The summed E-state index contributed by atoms with van der Waals surface area (Å²) in [5, 5.41) is 3.25. The van der Waals surface area contributed by atoms with Crippen molar-refractivity contribution in [2.24, 2.45) is 0 Å². The summed E-state index contributed by atoms with van der Waals surface area (Å²) < 4.78 is 13.7. The predicted octanol–water partition coefficient (Wildman–Crippen LogP) is 4.53. The summed E-state index contributed by atoms with van der Waals surface area (Å²) in [6.07, 6.45) is 0. The van der Waals surface area contributed by atoms with E-state index in [-0.39, 0.29) is 11.9 Å². The van der Waals surface area contributed by atoms with Gasteiger partial charge in [0.2, 0.25) is 5.95 Å². The van der Waals surface area contributed by atoms with Gasteiger partial charge in [0.15, 0.2) is 0 Å². The monoisotopic (exact) mass is 287 g/mol. The van der Waals surface area contributed by atoms with E-state index in [1.54, 1.807) is 19.1 Å². The Kier molecular flexibility index (Phi) is 4.56. The number of anilines is 1. The summed E-state index contributed by atoms with van der Waals surface area (Å²) in [7, 11) is 0. The van der Waals surface area contributed by atoms with Gasteiger partial charge in [-0.15, -0.1) is 0 Å². The van der Waals surface area contributed by atoms with Crippen LogP contribution >= 0.6 is 0 Å². The molecule has 0 radical (unpaired) electrons. The molecule has 0 saturated carbocycles. The highest BCUT2D eigenvalue weighted by Crippen LogP contribution is 2.21. The third kappa shape index (κ3) is 3.78. The van der Waals surface area contributed by atoms with E-state index in [1.807, 2.05) is 26.0 Å². The fraction of sp³-hybridized carbons (Fsp3) is 0.412. The SMILES string of the molecule is Cc1cc(C(C)C)nc(NC(C)c2ccc(C)c(F)c2)n1. The van der Waals surface area contributed by atoms with Crippen molar-refractivity contribution in [1.29, 1.82) is 0 Å². The Morgan fingerprint density at radius 3 is 2.38 bits per heavy atom. The zero-order chi connectivity index (χ0) is 15.6. The fourth-order valence-corrected chi connectivity index (χ4v) is 2.11. The molecule has 1 heterocycles. The highest BCUT2D eigenvalue weighted by Gasteiger charge is 2.11. The van der Waals surface area contributed by atoms with Crippen molar-refractivity contribution in [3.05, 3.63) is 52.6 Å². The van der Waals surface area contributed by atoms with Gasteiger partial charge in [0.05, 0.1) is 6.04 Å². The molecule has 0 saturated heterocycles. The molecule has 0 fully saturated rings. The molecular formula is C17H22FN3. The van der Waals surface area contributed by atoms with Gasteiger partial charge in [-0.25, -0.2) is 14.4 Å². The minimum atomic E-state index is -0.186. The Balaban J connectivity index is 2.22. The molecule has 0 bridgehead atoms. The molecule has 0 aliphatic rings. The smallest absolute Gasteiger partial charge is 0.223 e. The van der Waals surface area contributed by atoms with Crippen LogP contribution in [0.1, 0.15) is 55.2 Å². The average molecular weight is 287 g/mol. The van der Waals surface area contributed by atoms with Crippen molar-refractivity contribution < 1.29 is 4.39 Å². The van der Waals surface area contributed by atoms with Gasteiger partial charge in [-0.05, 0) is 49.9 Å². The molecule has 3 nitrogen and oxygen atoms in total. The first-order chi connectivity index (χ1) is 9.86. The zero-order valence-corrected chi connectivity index (χ0v) is 13.2. The predicted molar refractivity (Wildman–Crippen MR) is 84.0 cm³/mol. The molecule has 0 spiro atoms. The molecule has 4 heteroatoms. The molecule has 1 aromatic carbocycles. The summed E-state index contributed by atoms with van der Waals surface area (Å²) in [5.74, 6) is 0.751. The zero-order valence-electron chi connectivity index (χ0n) is 13.2. The lowest BCUT2D eigenvalue weighted by molar-refractivity contribution is 0.614. The lowest BCUT2D eigenvalue weighted by atomic mass is 10.1. The summed E-state index contributed by atoms with van der Waals surface area (Å²) in [4.78, 5) is 8.93. The van der Waals surface area contributed by atoms with Gasteiger partial charge < -0.3 is 5.32 Å². The maximum Gasteiger partial charge on any atom is 0.223 e. The van der Waals surface area contributed by atoms with Gasteiger partial charge >= 0.3 is 0 Å². The third-order valence-corrected chi connectivity index (χ3v) is 3.51.